The molecule has 4 heavy (non-hydrogen) atoms. The van der Waals surface area contributed by atoms with E-state index in [1.807, 2.05) is 0 Å². The minimum absolute atomic E-state index is 0. The standard InChI is InChI=1S/Co.Na.H2O.O/h;;1H2;/q;+1;;/p-1. The molecule has 0 fully saturated rings. The van der Waals surface area contributed by atoms with Crippen LogP contribution in [0.1, 0.15) is 0 Å². The van der Waals surface area contributed by atoms with Crippen molar-refractivity contribution in [3.05, 3.63) is 0 Å². The van der Waals surface area contributed by atoms with Gasteiger partial charge in [0, 0.05) is 0 Å². The van der Waals surface area contributed by atoms with Crippen LogP contribution in [0.4, 0.5) is 0 Å². The number of hydrogen-bond acceptors (Lipinski definition) is 1. The predicted molar refractivity (Wildman–Crippen MR) is 2.91 cm³/mol. The van der Waals surface area contributed by atoms with Gasteiger partial charge in [-0.25, -0.2) is 0 Å². The average Bonchev–Trinajstić information content (AvgIpc) is 0.918. The maximum atomic E-state index is 8.45. The third-order valence-corrected chi connectivity index (χ3v) is 0. The average molecular weight is 115 g/mol. The summed E-state index contributed by atoms with van der Waals surface area (Å²) >= 11 is -0.812. The molecule has 0 aliphatic rings. The third kappa shape index (κ3) is 10.5. The molecule has 0 bridgehead atoms. The second kappa shape index (κ2) is 8.86. The summed E-state index contributed by atoms with van der Waals surface area (Å²) in [6.07, 6.45) is 0. The quantitative estimate of drug-likeness (QED) is 0.330. The predicted octanol–water partition coefficient (Wildman–Crippen LogP) is -3.67. The van der Waals surface area contributed by atoms with Gasteiger partial charge < -0.3 is 0 Å². The molecule has 0 aromatic rings. The van der Waals surface area contributed by atoms with Crippen LogP contribution in [0.2, 0.25) is 0 Å². The van der Waals surface area contributed by atoms with Gasteiger partial charge in [0.05, 0.1) is 0 Å². The second-order valence-corrected chi connectivity index (χ2v) is 0.251. The molecule has 0 unspecified atom stereocenters. The second-order valence-electron chi connectivity index (χ2n) is 0.0609. The fourth-order valence-electron chi connectivity index (χ4n) is 0. The van der Waals surface area contributed by atoms with E-state index in [0.717, 1.165) is 0 Å². The van der Waals surface area contributed by atoms with Gasteiger partial charge in [0.25, 0.3) is 0 Å². The zero-order valence-electron chi connectivity index (χ0n) is 2.19. The van der Waals surface area contributed by atoms with Crippen molar-refractivity contribution in [3.8, 4) is 0 Å². The molecule has 1 N–H and O–H groups in total. The first-order valence-electron chi connectivity index (χ1n) is 0.285. The fraction of sp³-hybridized carbons (Fsp3) is 0. The van der Waals surface area contributed by atoms with Crippen LogP contribution >= 0.6 is 0 Å². The maximum absolute atomic E-state index is 8.45. The van der Waals surface area contributed by atoms with E-state index in [0.29, 0.717) is 0 Å². The van der Waals surface area contributed by atoms with Gasteiger partial charge in [-0.15, -0.1) is 0 Å². The van der Waals surface area contributed by atoms with Gasteiger partial charge >= 0.3 is 52.6 Å². The summed E-state index contributed by atoms with van der Waals surface area (Å²) in [5.74, 6) is 0. The Balaban J connectivity index is 0. The van der Waals surface area contributed by atoms with Crippen LogP contribution in [-0.4, -0.2) is 4.22 Å². The van der Waals surface area contributed by atoms with Gasteiger partial charge in [0.1, 0.15) is 0 Å². The van der Waals surface area contributed by atoms with Gasteiger partial charge in [-0.1, -0.05) is 0 Å². The Bertz CT molecular complexity index is 13.5. The molecule has 0 aromatic carbocycles. The van der Waals surface area contributed by atoms with Gasteiger partial charge in [-0.3, -0.25) is 0 Å². The number of rotatable bonds is 0. The van der Waals surface area contributed by atoms with Crippen LogP contribution in [0.25, 0.3) is 0 Å². The van der Waals surface area contributed by atoms with E-state index in [2.05, 4.69) is 0 Å². The van der Waals surface area contributed by atoms with E-state index in [-0.39, 0.29) is 29.6 Å². The van der Waals surface area contributed by atoms with Crippen molar-refractivity contribution >= 4 is 0 Å². The zero-order chi connectivity index (χ0) is 2.71. The Labute approximate surface area is 52.4 Å². The van der Waals surface area contributed by atoms with Gasteiger partial charge in [0.15, 0.2) is 0 Å². The normalized spacial score (nSPS) is 5.25. The van der Waals surface area contributed by atoms with Crippen LogP contribution in [0.3, 0.4) is 0 Å². The van der Waals surface area contributed by atoms with Crippen molar-refractivity contribution in [2.24, 2.45) is 0 Å². The van der Waals surface area contributed by atoms with E-state index in [1.54, 1.807) is 0 Å². The van der Waals surface area contributed by atoms with E-state index < -0.39 is 15.0 Å². The first-order chi connectivity index (χ1) is 1.41. The molecule has 0 saturated heterocycles. The molecule has 0 aromatic heterocycles. The SMILES string of the molecule is [Na+].[O]=[Co-][OH]. The molecule has 0 spiro atoms. The van der Waals surface area contributed by atoms with Crippen LogP contribution in [0.5, 0.6) is 0 Å². The Kier molecular flexibility index (Phi) is 19.9. The van der Waals surface area contributed by atoms with Crippen molar-refractivity contribution in [1.29, 1.82) is 0 Å². The molecule has 0 amide bonds. The van der Waals surface area contributed by atoms with Gasteiger partial charge in [0.2, 0.25) is 0 Å². The summed E-state index contributed by atoms with van der Waals surface area (Å²) in [5, 5.41) is 0. The first kappa shape index (κ1) is 8.98. The summed E-state index contributed by atoms with van der Waals surface area (Å²) in [4.78, 5) is 0. The Morgan fingerprint density at radius 3 is 1.75 bits per heavy atom. The molecule has 23 valence electrons. The molecule has 0 heterocycles. The zero-order valence-corrected chi connectivity index (χ0v) is 5.23. The van der Waals surface area contributed by atoms with Crippen LogP contribution in [-0.2, 0) is 18.8 Å². The Hall–Kier alpha value is 1.27. The number of hydrogen-bond donors (Lipinski definition) is 1. The summed E-state index contributed by atoms with van der Waals surface area (Å²) in [7, 11) is 0. The van der Waals surface area contributed by atoms with Crippen LogP contribution < -0.4 is 29.6 Å². The van der Waals surface area contributed by atoms with Crippen molar-refractivity contribution in [3.63, 3.8) is 0 Å². The van der Waals surface area contributed by atoms with E-state index >= 15 is 0 Å². The van der Waals surface area contributed by atoms with E-state index in [4.69, 9.17) is 8.08 Å². The monoisotopic (exact) mass is 115 g/mol. The molecule has 0 radical (unpaired) electrons. The van der Waals surface area contributed by atoms with Crippen molar-refractivity contribution in [2.75, 3.05) is 0 Å². The topological polar surface area (TPSA) is 37.3 Å². The van der Waals surface area contributed by atoms with E-state index in [1.165, 1.54) is 0 Å². The van der Waals surface area contributed by atoms with Crippen molar-refractivity contribution in [1.82, 2.24) is 0 Å². The van der Waals surface area contributed by atoms with Crippen molar-refractivity contribution < 1.29 is 52.6 Å². The molecule has 0 saturated carbocycles. The summed E-state index contributed by atoms with van der Waals surface area (Å²) in [6, 6.07) is 0. The van der Waals surface area contributed by atoms with Crippen LogP contribution in [0, 0.1) is 0 Å². The molecule has 0 rings (SSSR count). The van der Waals surface area contributed by atoms with Crippen LogP contribution in [0.15, 0.2) is 0 Å². The summed E-state index contributed by atoms with van der Waals surface area (Å²) in [6.45, 7) is 0. The molecule has 4 heteroatoms. The molecule has 0 aliphatic carbocycles. The Morgan fingerprint density at radius 1 is 1.75 bits per heavy atom. The molecule has 0 atom stereocenters. The third-order valence-electron chi connectivity index (χ3n) is 0. The first-order valence-corrected chi connectivity index (χ1v) is 1.18. The van der Waals surface area contributed by atoms with E-state index in [9.17, 15) is 0 Å². The molecular formula is HCoNaO2. The molecular weight excluding hydrogens is 114 g/mol. The Morgan fingerprint density at radius 2 is 1.75 bits per heavy atom. The summed E-state index contributed by atoms with van der Waals surface area (Å²) in [5.41, 5.74) is 0. The molecule has 0 aliphatic heterocycles. The van der Waals surface area contributed by atoms with Gasteiger partial charge in [-0.2, -0.15) is 0 Å². The van der Waals surface area contributed by atoms with Crippen molar-refractivity contribution in [2.45, 2.75) is 0 Å². The summed E-state index contributed by atoms with van der Waals surface area (Å²) < 4.78 is 15.4. The van der Waals surface area contributed by atoms with Gasteiger partial charge in [-0.05, 0) is 0 Å². The minimum atomic E-state index is -0.812. The fourth-order valence-corrected chi connectivity index (χ4v) is 0. The molecule has 2 nitrogen and oxygen atoms in total.